The second-order valence-corrected chi connectivity index (χ2v) is 11.0. The molecule has 0 saturated heterocycles. The summed E-state index contributed by atoms with van der Waals surface area (Å²) in [6, 6.07) is 8.73. The molecular weight excluding hydrogens is 521 g/mol. The number of nitrogens with zero attached hydrogens (tertiary/aromatic N) is 3. The number of hydrogen-bond donors (Lipinski definition) is 2. The first-order valence-corrected chi connectivity index (χ1v) is 13.8. The molecule has 2 aromatic heterocycles. The van der Waals surface area contributed by atoms with Crippen LogP contribution >= 0.6 is 11.6 Å². The zero-order valence-electron chi connectivity index (χ0n) is 22.2. The fraction of sp³-hybridized carbons (Fsp3) is 0.414. The van der Waals surface area contributed by atoms with Crippen LogP contribution in [0.25, 0.3) is 11.1 Å². The van der Waals surface area contributed by atoms with Crippen LogP contribution in [0, 0.1) is 23.9 Å². The predicted molar refractivity (Wildman–Crippen MR) is 148 cm³/mol. The molecule has 1 aromatic carbocycles. The maximum atomic E-state index is 15.2. The van der Waals surface area contributed by atoms with Gasteiger partial charge < -0.3 is 20.4 Å². The van der Waals surface area contributed by atoms with Crippen molar-refractivity contribution in [3.63, 3.8) is 0 Å². The van der Waals surface area contributed by atoms with Crippen LogP contribution in [0.15, 0.2) is 42.6 Å². The summed E-state index contributed by atoms with van der Waals surface area (Å²) < 4.78 is 17.9. The van der Waals surface area contributed by atoms with Crippen molar-refractivity contribution < 1.29 is 18.7 Å². The number of rotatable bonds is 6. The van der Waals surface area contributed by atoms with E-state index in [9.17, 15) is 14.8 Å². The SMILES string of the molecule is Cc1c(-c2ccc(NC(=O)[C@@H](NC(=O)c3ccc4n3CCN(C)C4)C3CCCCC3)cc2F)c(Cl)cc[n+]1[O-]. The molecule has 1 fully saturated rings. The normalized spacial score (nSPS) is 16.9. The van der Waals surface area contributed by atoms with E-state index in [0.717, 1.165) is 50.9 Å². The maximum absolute atomic E-state index is 15.2. The molecule has 1 saturated carbocycles. The molecular formula is C29H33ClFN5O3. The Morgan fingerprint density at radius 3 is 2.64 bits per heavy atom. The Hall–Kier alpha value is -3.43. The molecule has 1 aliphatic heterocycles. The molecule has 2 N–H and O–H groups in total. The Labute approximate surface area is 232 Å². The lowest BCUT2D eigenvalue weighted by Gasteiger charge is -2.31. The molecule has 0 spiro atoms. The third-order valence-corrected chi connectivity index (χ3v) is 8.24. The number of carbonyl (C=O) groups excluding carboxylic acids is 2. The van der Waals surface area contributed by atoms with Crippen LogP contribution in [0.5, 0.6) is 0 Å². The van der Waals surface area contributed by atoms with E-state index in [-0.39, 0.29) is 39.7 Å². The zero-order chi connectivity index (χ0) is 27.7. The van der Waals surface area contributed by atoms with E-state index in [1.165, 1.54) is 24.4 Å². The second-order valence-electron chi connectivity index (χ2n) is 10.6. The number of nitrogens with one attached hydrogen (secondary N) is 2. The highest BCUT2D eigenvalue weighted by molar-refractivity contribution is 6.33. The molecule has 5 rings (SSSR count). The predicted octanol–water partition coefficient (Wildman–Crippen LogP) is 4.65. The molecule has 0 bridgehead atoms. The molecule has 2 aliphatic rings. The summed E-state index contributed by atoms with van der Waals surface area (Å²) in [4.78, 5) is 29.1. The van der Waals surface area contributed by atoms with Gasteiger partial charge in [-0.05, 0) is 56.1 Å². The van der Waals surface area contributed by atoms with Crippen molar-refractivity contribution in [2.24, 2.45) is 5.92 Å². The van der Waals surface area contributed by atoms with Gasteiger partial charge in [0, 0.05) is 49.6 Å². The van der Waals surface area contributed by atoms with Gasteiger partial charge in [0.15, 0.2) is 11.9 Å². The lowest BCUT2D eigenvalue weighted by atomic mass is 9.83. The third-order valence-electron chi connectivity index (χ3n) is 7.92. The first-order chi connectivity index (χ1) is 18.7. The summed E-state index contributed by atoms with van der Waals surface area (Å²) in [5.74, 6) is -1.28. The van der Waals surface area contributed by atoms with Crippen LogP contribution in [-0.4, -0.2) is 40.9 Å². The highest BCUT2D eigenvalue weighted by Crippen LogP contribution is 2.33. The van der Waals surface area contributed by atoms with Gasteiger partial charge in [0.25, 0.3) is 5.91 Å². The van der Waals surface area contributed by atoms with Crippen LogP contribution in [0.4, 0.5) is 10.1 Å². The van der Waals surface area contributed by atoms with E-state index in [1.54, 1.807) is 13.0 Å². The van der Waals surface area contributed by atoms with E-state index < -0.39 is 11.9 Å². The number of aromatic nitrogens is 2. The van der Waals surface area contributed by atoms with Crippen LogP contribution in [0.1, 0.15) is 54.0 Å². The summed E-state index contributed by atoms with van der Waals surface area (Å²) in [6.45, 7) is 3.90. The first kappa shape index (κ1) is 27.1. The second kappa shape index (κ2) is 11.4. The monoisotopic (exact) mass is 553 g/mol. The number of pyridine rings is 1. The highest BCUT2D eigenvalue weighted by atomic mass is 35.5. The number of hydrogen-bond acceptors (Lipinski definition) is 4. The van der Waals surface area contributed by atoms with Crippen molar-refractivity contribution in [1.29, 1.82) is 0 Å². The summed E-state index contributed by atoms with van der Waals surface area (Å²) in [5, 5.41) is 18.1. The Morgan fingerprint density at radius 1 is 1.13 bits per heavy atom. The minimum atomic E-state index is -0.747. The van der Waals surface area contributed by atoms with E-state index >= 15 is 4.39 Å². The van der Waals surface area contributed by atoms with Gasteiger partial charge in [-0.2, -0.15) is 4.73 Å². The lowest BCUT2D eigenvalue weighted by Crippen LogP contribution is -2.49. The van der Waals surface area contributed by atoms with Gasteiger partial charge in [-0.25, -0.2) is 4.39 Å². The molecule has 39 heavy (non-hydrogen) atoms. The number of halogens is 2. The number of likely N-dealkylation sites (N-methyl/N-ethyl adjacent to an activating group) is 1. The van der Waals surface area contributed by atoms with Crippen LogP contribution in [0.2, 0.25) is 5.02 Å². The molecule has 3 aromatic rings. The number of fused-ring (bicyclic) bond motifs is 1. The molecule has 0 unspecified atom stereocenters. The summed E-state index contributed by atoms with van der Waals surface area (Å²) in [5.41, 5.74) is 2.63. The van der Waals surface area contributed by atoms with Crippen LogP contribution in [0.3, 0.4) is 0 Å². The van der Waals surface area contributed by atoms with Crippen molar-refractivity contribution >= 4 is 29.1 Å². The van der Waals surface area contributed by atoms with Gasteiger partial charge in [0.2, 0.25) is 5.91 Å². The number of carbonyl (C=O) groups is 2. The van der Waals surface area contributed by atoms with Gasteiger partial charge in [-0.3, -0.25) is 14.5 Å². The van der Waals surface area contributed by atoms with Crippen molar-refractivity contribution in [2.75, 3.05) is 18.9 Å². The van der Waals surface area contributed by atoms with Gasteiger partial charge in [0.05, 0.1) is 10.6 Å². The van der Waals surface area contributed by atoms with Crippen LogP contribution in [-0.2, 0) is 17.9 Å². The van der Waals surface area contributed by atoms with Crippen molar-refractivity contribution in [3.05, 3.63) is 75.7 Å². The Kier molecular flexibility index (Phi) is 7.91. The minimum Gasteiger partial charge on any atom is -0.618 e. The van der Waals surface area contributed by atoms with Crippen molar-refractivity contribution in [2.45, 2.75) is 58.2 Å². The van der Waals surface area contributed by atoms with Gasteiger partial charge in [0.1, 0.15) is 17.6 Å². The summed E-state index contributed by atoms with van der Waals surface area (Å²) in [7, 11) is 2.05. The third kappa shape index (κ3) is 5.65. The molecule has 1 atom stereocenters. The van der Waals surface area contributed by atoms with Gasteiger partial charge in [-0.15, -0.1) is 0 Å². The zero-order valence-corrected chi connectivity index (χ0v) is 22.9. The topological polar surface area (TPSA) is 93.3 Å². The number of benzene rings is 1. The molecule has 1 aliphatic carbocycles. The number of amides is 2. The summed E-state index contributed by atoms with van der Waals surface area (Å²) in [6.07, 6.45) is 6.05. The standard InChI is InChI=1S/C29H33ClFN5O3/c1-18-26(23(30)12-13-36(18)39)22-10-8-20(16-24(22)31)32-29(38)27(19-6-4-3-5-7-19)33-28(37)25-11-9-21-17-34(2)14-15-35(21)25/h8-13,16,19,27H,3-7,14-15,17H2,1-2H3,(H,32,38)(H,33,37)/t27-/m0/s1. The molecule has 0 radical (unpaired) electrons. The smallest absolute Gasteiger partial charge is 0.268 e. The average Bonchev–Trinajstić information content (AvgIpc) is 3.34. The Bertz CT molecular complexity index is 1400. The Balaban J connectivity index is 1.37. The van der Waals surface area contributed by atoms with E-state index in [2.05, 4.69) is 15.5 Å². The molecule has 8 nitrogen and oxygen atoms in total. The van der Waals surface area contributed by atoms with Crippen molar-refractivity contribution in [1.82, 2.24) is 14.8 Å². The van der Waals surface area contributed by atoms with Gasteiger partial charge >= 0.3 is 0 Å². The minimum absolute atomic E-state index is 0.00739. The maximum Gasteiger partial charge on any atom is 0.268 e. The fourth-order valence-corrected chi connectivity index (χ4v) is 6.06. The van der Waals surface area contributed by atoms with E-state index in [4.69, 9.17) is 11.6 Å². The summed E-state index contributed by atoms with van der Waals surface area (Å²) >= 11 is 6.27. The average molecular weight is 554 g/mol. The lowest BCUT2D eigenvalue weighted by molar-refractivity contribution is -0.611. The first-order valence-electron chi connectivity index (χ1n) is 13.4. The largest absolute Gasteiger partial charge is 0.618 e. The highest BCUT2D eigenvalue weighted by Gasteiger charge is 2.32. The number of anilines is 1. The molecule has 10 heteroatoms. The van der Waals surface area contributed by atoms with E-state index in [1.807, 2.05) is 23.7 Å². The van der Waals surface area contributed by atoms with Crippen LogP contribution < -0.4 is 15.4 Å². The molecule has 3 heterocycles. The molecule has 206 valence electrons. The van der Waals surface area contributed by atoms with E-state index in [0.29, 0.717) is 22.5 Å². The fourth-order valence-electron chi connectivity index (χ4n) is 5.77. The van der Waals surface area contributed by atoms with Gasteiger partial charge in [-0.1, -0.05) is 30.9 Å². The molecule has 2 amide bonds. The Morgan fingerprint density at radius 2 is 1.90 bits per heavy atom. The quantitative estimate of drug-likeness (QED) is 0.343. The van der Waals surface area contributed by atoms with Crippen molar-refractivity contribution in [3.8, 4) is 11.1 Å².